The quantitative estimate of drug-likeness (QED) is 0.432. The average Bonchev–Trinajstić information content (AvgIpc) is 3.52. The van der Waals surface area contributed by atoms with Crippen LogP contribution in [0.15, 0.2) is 23.1 Å². The van der Waals surface area contributed by atoms with E-state index < -0.39 is 25.0 Å². The summed E-state index contributed by atoms with van der Waals surface area (Å²) in [6.07, 6.45) is 3.30. The first-order valence-electron chi connectivity index (χ1n) is 9.83. The fourth-order valence-electron chi connectivity index (χ4n) is 3.71. The maximum absolute atomic E-state index is 14.8. The van der Waals surface area contributed by atoms with Gasteiger partial charge in [-0.15, -0.1) is 0 Å². The number of carbonyl (C=O) groups is 1. The largest absolute Gasteiger partial charge is 2.00 e. The number of likely N-dealkylation sites (N-methyl/N-ethyl adjacent to an activating group) is 1. The van der Waals surface area contributed by atoms with E-state index in [0.29, 0.717) is 11.2 Å². The monoisotopic (exact) mass is 495 g/mol. The van der Waals surface area contributed by atoms with Gasteiger partial charge in [-0.2, -0.15) is 0 Å². The van der Waals surface area contributed by atoms with Crippen molar-refractivity contribution in [2.24, 2.45) is 0 Å². The molecule has 1 saturated carbocycles. The molecule has 10 nitrogen and oxygen atoms in total. The van der Waals surface area contributed by atoms with E-state index in [9.17, 15) is 19.1 Å². The molecule has 1 saturated heterocycles. The van der Waals surface area contributed by atoms with Crippen LogP contribution in [0.25, 0.3) is 10.9 Å². The maximum atomic E-state index is 14.8. The van der Waals surface area contributed by atoms with Gasteiger partial charge in [-0.05, 0) is 31.5 Å². The number of rotatable bonds is 4. The van der Waals surface area contributed by atoms with Crippen LogP contribution in [0.2, 0.25) is 0 Å². The van der Waals surface area contributed by atoms with Crippen LogP contribution in [-0.2, 0) is 4.57 Å². The molecule has 1 aromatic carbocycles. The van der Waals surface area contributed by atoms with E-state index in [1.54, 1.807) is 6.07 Å². The number of hydrogen-bond acceptors (Lipinski definition) is 7. The molecule has 4 rings (SSSR count). The number of benzene rings is 1. The molecular formula is C19H23CaFN3O7P. The molecule has 2 aromatic rings. The van der Waals surface area contributed by atoms with Crippen molar-refractivity contribution in [1.82, 2.24) is 9.47 Å². The second-order valence-corrected chi connectivity index (χ2v) is 8.46. The Balaban J connectivity index is 0.000000548. The molecule has 0 spiro atoms. The Kier molecular flexibility index (Phi) is 9.29. The summed E-state index contributed by atoms with van der Waals surface area (Å²) in [6.45, 7) is 6.31. The molecule has 32 heavy (non-hydrogen) atoms. The Labute approximate surface area is 213 Å². The van der Waals surface area contributed by atoms with E-state index in [0.717, 1.165) is 45.6 Å². The third-order valence-corrected chi connectivity index (χ3v) is 5.43. The minimum atomic E-state index is -5.14. The first kappa shape index (κ1) is 27.2. The van der Waals surface area contributed by atoms with Crippen LogP contribution in [0.5, 0.6) is 0 Å². The minimum Gasteiger partial charge on any atom is -0.790 e. The molecular weight excluding hydrogens is 472 g/mol. The van der Waals surface area contributed by atoms with Crippen LogP contribution in [0.1, 0.15) is 36.2 Å². The predicted molar refractivity (Wildman–Crippen MR) is 113 cm³/mol. The molecule has 0 atom stereocenters. The Morgan fingerprint density at radius 2 is 1.78 bits per heavy atom. The molecule has 13 heteroatoms. The Morgan fingerprint density at radius 3 is 2.25 bits per heavy atom. The van der Waals surface area contributed by atoms with Gasteiger partial charge < -0.3 is 38.7 Å². The molecule has 1 aromatic heterocycles. The number of carboxylic acid groups (broad SMARTS) is 1. The third-order valence-electron chi connectivity index (χ3n) is 5.43. The molecule has 2 heterocycles. The van der Waals surface area contributed by atoms with Crippen LogP contribution >= 0.6 is 7.82 Å². The summed E-state index contributed by atoms with van der Waals surface area (Å²) in [7, 11) is -5.14. The normalized spacial score (nSPS) is 16.8. The number of aromatic nitrogens is 1. The van der Waals surface area contributed by atoms with Crippen molar-refractivity contribution in [2.75, 3.05) is 37.6 Å². The van der Waals surface area contributed by atoms with E-state index in [1.165, 1.54) is 12.3 Å². The smallest absolute Gasteiger partial charge is 0.790 e. The molecule has 1 aliphatic carbocycles. The van der Waals surface area contributed by atoms with Gasteiger partial charge in [0.1, 0.15) is 11.4 Å². The van der Waals surface area contributed by atoms with Gasteiger partial charge in [-0.25, -0.2) is 9.18 Å². The van der Waals surface area contributed by atoms with Crippen molar-refractivity contribution in [1.29, 1.82) is 0 Å². The van der Waals surface area contributed by atoms with E-state index in [-0.39, 0.29) is 54.7 Å². The summed E-state index contributed by atoms with van der Waals surface area (Å²) in [5, 5.41) is 9.45. The van der Waals surface area contributed by atoms with Crippen molar-refractivity contribution in [3.63, 3.8) is 0 Å². The van der Waals surface area contributed by atoms with E-state index in [2.05, 4.69) is 11.8 Å². The first-order chi connectivity index (χ1) is 14.5. The third kappa shape index (κ3) is 6.74. The molecule has 2 aliphatic rings. The number of piperazine rings is 1. The molecule has 2 N–H and O–H groups in total. The zero-order valence-electron chi connectivity index (χ0n) is 17.6. The summed E-state index contributed by atoms with van der Waals surface area (Å²) in [6, 6.07) is 3.12. The number of pyridine rings is 1. The molecule has 0 bridgehead atoms. The second kappa shape index (κ2) is 10.9. The average molecular weight is 495 g/mol. The summed E-state index contributed by atoms with van der Waals surface area (Å²) in [5.74, 6) is -1.74. The van der Waals surface area contributed by atoms with Crippen LogP contribution in [0.3, 0.4) is 0 Å². The number of hydrogen-bond donors (Lipinski definition) is 2. The van der Waals surface area contributed by atoms with E-state index in [1.807, 2.05) is 9.47 Å². The molecule has 0 amide bonds. The van der Waals surface area contributed by atoms with Crippen molar-refractivity contribution in [3.8, 4) is 0 Å². The summed E-state index contributed by atoms with van der Waals surface area (Å²) in [5.41, 5.74) is 0.195. The molecule has 1 aliphatic heterocycles. The summed E-state index contributed by atoms with van der Waals surface area (Å²) in [4.78, 5) is 52.5. The fourth-order valence-corrected chi connectivity index (χ4v) is 3.71. The second-order valence-electron chi connectivity index (χ2n) is 7.53. The van der Waals surface area contributed by atoms with Gasteiger partial charge in [0.2, 0.25) is 5.43 Å². The van der Waals surface area contributed by atoms with Crippen LogP contribution in [0.4, 0.5) is 10.1 Å². The van der Waals surface area contributed by atoms with Crippen molar-refractivity contribution in [2.45, 2.75) is 25.8 Å². The van der Waals surface area contributed by atoms with Crippen molar-refractivity contribution < 1.29 is 33.5 Å². The SMILES string of the molecule is CCN1CCN(c2cc3c(cc2F)c(=O)c(C(=O)O)cn3C2CC2)CC1.O=P([O-])([O-])O.[Ca+2]. The first-order valence-corrected chi connectivity index (χ1v) is 11.3. The topological polar surface area (TPSA) is 149 Å². The molecule has 2 fully saturated rings. The molecule has 0 radical (unpaired) electrons. The van der Waals surface area contributed by atoms with Crippen LogP contribution in [-0.4, -0.2) is 95.9 Å². The number of anilines is 1. The van der Waals surface area contributed by atoms with Crippen molar-refractivity contribution >= 4 is 68.1 Å². The molecule has 0 unspecified atom stereocenters. The zero-order chi connectivity index (χ0) is 22.9. The van der Waals surface area contributed by atoms with E-state index >= 15 is 0 Å². The number of aromatic carboxylic acids is 1. The number of phosphoric acid groups is 1. The minimum absolute atomic E-state index is 0. The fraction of sp³-hybridized carbons (Fsp3) is 0.474. The van der Waals surface area contributed by atoms with Gasteiger partial charge in [0.25, 0.3) is 0 Å². The Hall–Kier alpha value is -1.04. The Morgan fingerprint density at radius 1 is 1.22 bits per heavy atom. The van der Waals surface area contributed by atoms with Crippen LogP contribution in [0, 0.1) is 5.82 Å². The number of carboxylic acids is 1. The van der Waals surface area contributed by atoms with Gasteiger partial charge >= 0.3 is 43.7 Å². The van der Waals surface area contributed by atoms with Gasteiger partial charge in [-0.1, -0.05) is 6.92 Å². The predicted octanol–water partition coefficient (Wildman–Crippen LogP) is -0.258. The number of fused-ring (bicyclic) bond motifs is 1. The number of nitrogens with zero attached hydrogens (tertiary/aromatic N) is 3. The van der Waals surface area contributed by atoms with Crippen molar-refractivity contribution in [3.05, 3.63) is 39.9 Å². The summed E-state index contributed by atoms with van der Waals surface area (Å²) < 4.78 is 25.3. The Bertz CT molecular complexity index is 1090. The number of halogens is 1. The standard InChI is InChI=1S/C19H22FN3O3.Ca.H3O4P/c1-2-21-5-7-22(8-6-21)17-10-16-13(9-15(17)20)18(24)14(19(25)26)11-23(16)12-3-4-12;;1-5(2,3)4/h9-12H,2-8H2,1H3,(H,25,26);;(H3,1,2,3,4)/q;+2;/p-2. The maximum Gasteiger partial charge on any atom is 2.00 e. The molecule has 170 valence electrons. The van der Waals surface area contributed by atoms with Gasteiger partial charge in [-0.3, -0.25) is 4.79 Å². The summed E-state index contributed by atoms with van der Waals surface area (Å²) >= 11 is 0. The van der Waals surface area contributed by atoms with Crippen LogP contribution < -0.4 is 20.1 Å². The van der Waals surface area contributed by atoms with E-state index in [4.69, 9.17) is 19.2 Å². The van der Waals surface area contributed by atoms with Gasteiger partial charge in [0, 0.05) is 43.8 Å². The zero-order valence-corrected chi connectivity index (χ0v) is 20.7. The van der Waals surface area contributed by atoms with Gasteiger partial charge in [0.05, 0.1) is 19.0 Å². The van der Waals surface area contributed by atoms with Gasteiger partial charge in [0.15, 0.2) is 0 Å².